The van der Waals surface area contributed by atoms with Crippen molar-refractivity contribution in [1.29, 1.82) is 0 Å². The Morgan fingerprint density at radius 3 is 2.44 bits per heavy atom. The number of rotatable bonds is 2. The predicted octanol–water partition coefficient (Wildman–Crippen LogP) is 0.705. The molecule has 0 aliphatic heterocycles. The zero-order valence-corrected chi connectivity index (χ0v) is 5.77. The molecule has 0 saturated heterocycles. The van der Waals surface area contributed by atoms with Crippen LogP contribution >= 0.6 is 11.6 Å². The lowest BCUT2D eigenvalue weighted by Crippen LogP contribution is -2.08. The van der Waals surface area contributed by atoms with Crippen LogP contribution < -0.4 is 0 Å². The molecule has 0 unspecified atom stereocenters. The first-order valence-electron chi connectivity index (χ1n) is 2.44. The van der Waals surface area contributed by atoms with Crippen LogP contribution in [0.1, 0.15) is 13.3 Å². The second kappa shape index (κ2) is 4.32. The van der Waals surface area contributed by atoms with Crippen molar-refractivity contribution in [2.75, 3.05) is 5.88 Å². The monoisotopic (exact) mass is 150 g/mol. The fourth-order valence-electron chi connectivity index (χ4n) is 0.288. The lowest BCUT2D eigenvalue weighted by atomic mass is 10.5. The maximum atomic E-state index is 10.3. The lowest BCUT2D eigenvalue weighted by Gasteiger charge is -1.93. The molecule has 0 aromatic carbocycles. The smallest absolute Gasteiger partial charge is 0.314 e. The van der Waals surface area contributed by atoms with Crippen LogP contribution in [0.2, 0.25) is 0 Å². The number of hydrogen-bond donors (Lipinski definition) is 0. The second-order valence-electron chi connectivity index (χ2n) is 1.40. The molecule has 0 bridgehead atoms. The van der Waals surface area contributed by atoms with E-state index in [1.165, 1.54) is 6.92 Å². The van der Waals surface area contributed by atoms with Gasteiger partial charge in [0.2, 0.25) is 0 Å². The third-order valence-corrected chi connectivity index (χ3v) is 0.745. The number of halogens is 1. The van der Waals surface area contributed by atoms with Gasteiger partial charge in [-0.1, -0.05) is 0 Å². The fraction of sp³-hybridized carbons (Fsp3) is 0.600. The van der Waals surface area contributed by atoms with Gasteiger partial charge in [0.25, 0.3) is 0 Å². The first kappa shape index (κ1) is 8.43. The number of alkyl halides is 1. The van der Waals surface area contributed by atoms with Crippen molar-refractivity contribution in [3.8, 4) is 0 Å². The highest BCUT2D eigenvalue weighted by molar-refractivity contribution is 6.18. The molecule has 0 aliphatic carbocycles. The van der Waals surface area contributed by atoms with Crippen molar-refractivity contribution in [1.82, 2.24) is 0 Å². The van der Waals surface area contributed by atoms with Gasteiger partial charge in [-0.2, -0.15) is 0 Å². The van der Waals surface area contributed by atoms with E-state index in [0.717, 1.165) is 0 Å². The van der Waals surface area contributed by atoms with Gasteiger partial charge in [-0.3, -0.25) is 9.59 Å². The average molecular weight is 151 g/mol. The lowest BCUT2D eigenvalue weighted by molar-refractivity contribution is -0.157. The largest absolute Gasteiger partial charge is 0.393 e. The van der Waals surface area contributed by atoms with Crippen molar-refractivity contribution in [2.45, 2.75) is 13.3 Å². The van der Waals surface area contributed by atoms with E-state index in [9.17, 15) is 9.59 Å². The standard InChI is InChI=1S/C5H7ClO3/c1-4(7)9-5(8)2-3-6/h2-3H2,1H3. The van der Waals surface area contributed by atoms with Crippen LogP contribution in [0.3, 0.4) is 0 Å². The zero-order chi connectivity index (χ0) is 7.28. The minimum Gasteiger partial charge on any atom is -0.393 e. The van der Waals surface area contributed by atoms with Crippen molar-refractivity contribution in [2.24, 2.45) is 0 Å². The van der Waals surface area contributed by atoms with E-state index in [0.29, 0.717) is 0 Å². The minimum atomic E-state index is -0.592. The Kier molecular flexibility index (Phi) is 4.05. The highest BCUT2D eigenvalue weighted by Crippen LogP contribution is 1.88. The normalized spacial score (nSPS) is 8.67. The summed E-state index contributed by atoms with van der Waals surface area (Å²) >= 11 is 5.17. The number of hydrogen-bond acceptors (Lipinski definition) is 3. The van der Waals surface area contributed by atoms with Gasteiger partial charge in [-0.15, -0.1) is 11.6 Å². The van der Waals surface area contributed by atoms with Crippen molar-refractivity contribution >= 4 is 23.5 Å². The molecule has 0 aromatic heterocycles. The van der Waals surface area contributed by atoms with E-state index >= 15 is 0 Å². The van der Waals surface area contributed by atoms with E-state index < -0.39 is 11.9 Å². The van der Waals surface area contributed by atoms with Gasteiger partial charge in [-0.05, 0) is 0 Å². The summed E-state index contributed by atoms with van der Waals surface area (Å²) in [5.74, 6) is -0.978. The van der Waals surface area contributed by atoms with Crippen LogP contribution in [0.25, 0.3) is 0 Å². The summed E-state index contributed by atoms with van der Waals surface area (Å²) in [5, 5.41) is 0. The first-order valence-corrected chi connectivity index (χ1v) is 2.97. The zero-order valence-electron chi connectivity index (χ0n) is 5.02. The summed E-state index contributed by atoms with van der Waals surface area (Å²) in [6.07, 6.45) is 0.0845. The summed E-state index contributed by atoms with van der Waals surface area (Å²) in [4.78, 5) is 20.4. The molecule has 0 spiro atoms. The number of esters is 2. The quantitative estimate of drug-likeness (QED) is 0.331. The number of carbonyl (C=O) groups excluding carboxylic acids is 2. The van der Waals surface area contributed by atoms with Crippen LogP contribution in [0, 0.1) is 0 Å². The Morgan fingerprint density at radius 2 is 2.11 bits per heavy atom. The van der Waals surface area contributed by atoms with E-state index in [2.05, 4.69) is 4.74 Å². The number of ether oxygens (including phenoxy) is 1. The van der Waals surface area contributed by atoms with Crippen LogP contribution in [-0.4, -0.2) is 17.8 Å². The Hall–Kier alpha value is -0.570. The van der Waals surface area contributed by atoms with Gasteiger partial charge in [0.05, 0.1) is 6.42 Å². The molecule has 0 atom stereocenters. The van der Waals surface area contributed by atoms with Crippen molar-refractivity contribution in [3.05, 3.63) is 0 Å². The van der Waals surface area contributed by atoms with E-state index in [-0.39, 0.29) is 12.3 Å². The van der Waals surface area contributed by atoms with Gasteiger partial charge in [0.1, 0.15) is 0 Å². The summed E-state index contributed by atoms with van der Waals surface area (Å²) in [5.41, 5.74) is 0. The second-order valence-corrected chi connectivity index (χ2v) is 1.78. The van der Waals surface area contributed by atoms with Gasteiger partial charge in [-0.25, -0.2) is 0 Å². The van der Waals surface area contributed by atoms with Crippen LogP contribution in [0.4, 0.5) is 0 Å². The van der Waals surface area contributed by atoms with Crippen LogP contribution in [0.5, 0.6) is 0 Å². The summed E-state index contributed by atoms with van der Waals surface area (Å²) in [6.45, 7) is 1.17. The number of carbonyl (C=O) groups is 2. The maximum Gasteiger partial charge on any atom is 0.314 e. The van der Waals surface area contributed by atoms with Crippen molar-refractivity contribution < 1.29 is 14.3 Å². The fourth-order valence-corrected chi connectivity index (χ4v) is 0.443. The summed E-state index contributed by atoms with van der Waals surface area (Å²) in [6, 6.07) is 0. The van der Waals surface area contributed by atoms with E-state index in [1.807, 2.05) is 0 Å². The summed E-state index contributed by atoms with van der Waals surface area (Å²) in [7, 11) is 0. The van der Waals surface area contributed by atoms with Gasteiger partial charge in [0.15, 0.2) is 0 Å². The highest BCUT2D eigenvalue weighted by atomic mass is 35.5. The Morgan fingerprint density at radius 1 is 1.56 bits per heavy atom. The molecule has 0 radical (unpaired) electrons. The molecular formula is C5H7ClO3. The highest BCUT2D eigenvalue weighted by Gasteiger charge is 2.02. The molecule has 0 aliphatic rings. The van der Waals surface area contributed by atoms with Crippen LogP contribution in [0.15, 0.2) is 0 Å². The predicted molar refractivity (Wildman–Crippen MR) is 32.1 cm³/mol. The third kappa shape index (κ3) is 5.30. The Bertz CT molecular complexity index is 121. The molecule has 52 valence electrons. The Balaban J connectivity index is 3.39. The molecule has 0 N–H and O–H groups in total. The molecule has 3 nitrogen and oxygen atoms in total. The molecule has 9 heavy (non-hydrogen) atoms. The SMILES string of the molecule is CC(=O)OC(=O)CCCl. The van der Waals surface area contributed by atoms with E-state index in [4.69, 9.17) is 11.6 Å². The maximum absolute atomic E-state index is 10.3. The molecular weight excluding hydrogens is 144 g/mol. The molecule has 0 saturated carbocycles. The van der Waals surface area contributed by atoms with Gasteiger partial charge in [0, 0.05) is 12.8 Å². The molecule has 0 aromatic rings. The third-order valence-electron chi connectivity index (χ3n) is 0.556. The average Bonchev–Trinajstić information content (AvgIpc) is 1.63. The molecule has 4 heteroatoms. The summed E-state index contributed by atoms with van der Waals surface area (Å²) < 4.78 is 4.13. The molecule has 0 heterocycles. The topological polar surface area (TPSA) is 43.4 Å². The molecule has 0 fully saturated rings. The Labute approximate surface area is 57.9 Å². The van der Waals surface area contributed by atoms with Crippen LogP contribution in [-0.2, 0) is 14.3 Å². The van der Waals surface area contributed by atoms with Gasteiger partial charge >= 0.3 is 11.9 Å². The first-order chi connectivity index (χ1) is 4.16. The molecule has 0 amide bonds. The van der Waals surface area contributed by atoms with E-state index in [1.54, 1.807) is 0 Å². The minimum absolute atomic E-state index is 0.0845. The molecule has 0 rings (SSSR count). The van der Waals surface area contributed by atoms with Crippen molar-refractivity contribution in [3.63, 3.8) is 0 Å². The van der Waals surface area contributed by atoms with Gasteiger partial charge < -0.3 is 4.74 Å².